The Morgan fingerprint density at radius 1 is 1.36 bits per heavy atom. The van der Waals surface area contributed by atoms with Gasteiger partial charge < -0.3 is 15.1 Å². The number of anilines is 1. The molecule has 1 saturated heterocycles. The van der Waals surface area contributed by atoms with E-state index in [0.29, 0.717) is 19.6 Å². The molecule has 2 fully saturated rings. The first-order valence-corrected chi connectivity index (χ1v) is 9.66. The second kappa shape index (κ2) is 7.61. The van der Waals surface area contributed by atoms with Gasteiger partial charge in [0, 0.05) is 44.8 Å². The zero-order valence-electron chi connectivity index (χ0n) is 16.2. The van der Waals surface area contributed by atoms with Gasteiger partial charge in [-0.2, -0.15) is 5.10 Å². The van der Waals surface area contributed by atoms with Gasteiger partial charge in [0.25, 0.3) is 0 Å². The monoisotopic (exact) mass is 384 g/mol. The van der Waals surface area contributed by atoms with E-state index >= 15 is 0 Å². The third kappa shape index (κ3) is 3.72. The molecule has 2 heterocycles. The number of hydrogen-bond acceptors (Lipinski definition) is 3. The summed E-state index contributed by atoms with van der Waals surface area (Å²) >= 11 is 0. The number of nitrogens with one attached hydrogen (secondary N) is 1. The van der Waals surface area contributed by atoms with Crippen molar-refractivity contribution in [1.29, 1.82) is 0 Å². The van der Waals surface area contributed by atoms with E-state index in [1.54, 1.807) is 21.8 Å². The molecule has 1 aliphatic heterocycles. The lowest BCUT2D eigenvalue weighted by molar-refractivity contribution is -0.120. The van der Waals surface area contributed by atoms with Gasteiger partial charge in [0.05, 0.1) is 11.9 Å². The molecule has 1 aliphatic carbocycles. The number of rotatable bonds is 4. The van der Waals surface area contributed by atoms with E-state index in [0.717, 1.165) is 23.6 Å². The van der Waals surface area contributed by atoms with Crippen molar-refractivity contribution in [3.05, 3.63) is 48.0 Å². The summed E-state index contributed by atoms with van der Waals surface area (Å²) < 4.78 is 15.7. The molecule has 2 aromatic rings. The fraction of sp³-hybridized carbons (Fsp3) is 0.450. The Bertz CT molecular complexity index is 894. The van der Waals surface area contributed by atoms with Crippen LogP contribution in [-0.4, -0.2) is 58.8 Å². The Hall–Kier alpha value is -2.90. The van der Waals surface area contributed by atoms with Gasteiger partial charge in [0.15, 0.2) is 5.96 Å². The van der Waals surface area contributed by atoms with Gasteiger partial charge in [-0.3, -0.25) is 14.5 Å². The maximum atomic E-state index is 14.0. The van der Waals surface area contributed by atoms with Crippen LogP contribution in [-0.2, 0) is 11.8 Å². The molecule has 2 aliphatic rings. The largest absolute Gasteiger partial charge is 0.353 e. The Morgan fingerprint density at radius 2 is 2.18 bits per heavy atom. The zero-order valence-corrected chi connectivity index (χ0v) is 16.2. The number of hydrogen-bond donors (Lipinski definition) is 1. The number of nitrogens with zero attached hydrogens (tertiary/aromatic N) is 5. The lowest BCUT2D eigenvalue weighted by atomic mass is 10.1. The molecule has 0 radical (unpaired) electrons. The molecular formula is C20H25FN6O. The minimum atomic E-state index is -0.161. The molecule has 0 bridgehead atoms. The van der Waals surface area contributed by atoms with Crippen molar-refractivity contribution in [3.8, 4) is 0 Å². The average molecular weight is 384 g/mol. The number of benzene rings is 1. The molecule has 1 saturated carbocycles. The maximum Gasteiger partial charge on any atom is 0.246 e. The summed E-state index contributed by atoms with van der Waals surface area (Å²) in [6.07, 6.45) is 4.42. The highest BCUT2D eigenvalue weighted by molar-refractivity contribution is 5.98. The van der Waals surface area contributed by atoms with Crippen LogP contribution < -0.4 is 10.2 Å². The van der Waals surface area contributed by atoms with Crippen LogP contribution in [0.3, 0.4) is 0 Å². The number of aromatic nitrogens is 2. The highest BCUT2D eigenvalue weighted by Crippen LogP contribution is 2.41. The molecule has 1 aromatic carbocycles. The van der Waals surface area contributed by atoms with Crippen LogP contribution in [0.1, 0.15) is 24.8 Å². The minimum Gasteiger partial charge on any atom is -0.353 e. The summed E-state index contributed by atoms with van der Waals surface area (Å²) in [6.45, 7) is 4.12. The number of aryl methyl sites for hydroxylation is 1. The van der Waals surface area contributed by atoms with Gasteiger partial charge in [-0.25, -0.2) is 4.39 Å². The highest BCUT2D eigenvalue weighted by Gasteiger charge is 2.41. The van der Waals surface area contributed by atoms with Crippen LogP contribution in [0.5, 0.6) is 0 Å². The number of carbonyl (C=O) groups is 1. The Morgan fingerprint density at radius 3 is 2.86 bits per heavy atom. The predicted octanol–water partition coefficient (Wildman–Crippen LogP) is 1.73. The Labute approximate surface area is 163 Å². The Kier molecular flexibility index (Phi) is 5.02. The molecule has 0 spiro atoms. The van der Waals surface area contributed by atoms with Crippen molar-refractivity contribution in [3.63, 3.8) is 0 Å². The maximum absolute atomic E-state index is 14.0. The van der Waals surface area contributed by atoms with E-state index in [1.807, 2.05) is 37.2 Å². The average Bonchev–Trinajstić information content (AvgIpc) is 3.31. The molecule has 1 N–H and O–H groups in total. The smallest absolute Gasteiger partial charge is 0.246 e. The van der Waals surface area contributed by atoms with Crippen LogP contribution >= 0.6 is 0 Å². The summed E-state index contributed by atoms with van der Waals surface area (Å²) in [5.74, 6) is 0.735. The predicted molar refractivity (Wildman–Crippen MR) is 106 cm³/mol. The first-order valence-electron chi connectivity index (χ1n) is 9.66. The minimum absolute atomic E-state index is 0.0197. The van der Waals surface area contributed by atoms with Gasteiger partial charge in [0.2, 0.25) is 5.91 Å². The zero-order chi connectivity index (χ0) is 19.7. The number of amides is 1. The van der Waals surface area contributed by atoms with Crippen molar-refractivity contribution >= 4 is 17.6 Å². The SMILES string of the molecule is CCN=C(NC1CC1c1ccccc1F)N1CCN(c2cnn(C)c2)C(=O)C1. The quantitative estimate of drug-likeness (QED) is 0.644. The van der Waals surface area contributed by atoms with Gasteiger partial charge in [-0.1, -0.05) is 18.2 Å². The second-order valence-electron chi connectivity index (χ2n) is 7.25. The lowest BCUT2D eigenvalue weighted by Crippen LogP contribution is -2.55. The van der Waals surface area contributed by atoms with Crippen molar-refractivity contribution in [2.75, 3.05) is 31.1 Å². The van der Waals surface area contributed by atoms with E-state index in [-0.39, 0.29) is 30.2 Å². The molecule has 7 nitrogen and oxygen atoms in total. The summed E-state index contributed by atoms with van der Waals surface area (Å²) in [5.41, 5.74) is 1.56. The number of halogens is 1. The van der Waals surface area contributed by atoms with Gasteiger partial charge in [0.1, 0.15) is 12.4 Å². The van der Waals surface area contributed by atoms with Crippen LogP contribution in [0.4, 0.5) is 10.1 Å². The molecule has 1 aromatic heterocycles. The summed E-state index contributed by atoms with van der Waals surface area (Å²) in [4.78, 5) is 21.0. The third-order valence-corrected chi connectivity index (χ3v) is 5.24. The lowest BCUT2D eigenvalue weighted by Gasteiger charge is -2.35. The second-order valence-corrected chi connectivity index (χ2v) is 7.25. The van der Waals surface area contributed by atoms with E-state index in [4.69, 9.17) is 0 Å². The van der Waals surface area contributed by atoms with Crippen molar-refractivity contribution in [2.45, 2.75) is 25.3 Å². The van der Waals surface area contributed by atoms with E-state index in [1.165, 1.54) is 6.07 Å². The van der Waals surface area contributed by atoms with Gasteiger partial charge in [-0.05, 0) is 25.0 Å². The fourth-order valence-corrected chi connectivity index (χ4v) is 3.70. The molecule has 2 unspecified atom stereocenters. The third-order valence-electron chi connectivity index (χ3n) is 5.24. The summed E-state index contributed by atoms with van der Waals surface area (Å²) in [5, 5.41) is 7.58. The number of aliphatic imine (C=N–C) groups is 1. The van der Waals surface area contributed by atoms with Crippen LogP contribution in [0.25, 0.3) is 0 Å². The van der Waals surface area contributed by atoms with Gasteiger partial charge in [-0.15, -0.1) is 0 Å². The van der Waals surface area contributed by atoms with E-state index in [9.17, 15) is 9.18 Å². The van der Waals surface area contributed by atoms with Crippen molar-refractivity contribution < 1.29 is 9.18 Å². The molecule has 148 valence electrons. The van der Waals surface area contributed by atoms with Crippen LogP contribution in [0.2, 0.25) is 0 Å². The molecular weight excluding hydrogens is 359 g/mol. The molecule has 8 heteroatoms. The standard InChI is InChI=1S/C20H25FN6O/c1-3-22-20(24-18-10-16(18)15-6-4-5-7-17(15)21)26-8-9-27(19(28)13-26)14-11-23-25(2)12-14/h4-7,11-12,16,18H,3,8-10,13H2,1-2H3,(H,22,24). The van der Waals surface area contributed by atoms with Crippen LogP contribution in [0, 0.1) is 5.82 Å². The molecule has 28 heavy (non-hydrogen) atoms. The normalized spacial score (nSPS) is 22.5. The Balaban J connectivity index is 1.40. The number of guanidine groups is 1. The van der Waals surface area contributed by atoms with E-state index in [2.05, 4.69) is 15.4 Å². The number of piperazine rings is 1. The van der Waals surface area contributed by atoms with Crippen molar-refractivity contribution in [1.82, 2.24) is 20.0 Å². The first-order chi connectivity index (χ1) is 13.6. The summed E-state index contributed by atoms with van der Waals surface area (Å²) in [7, 11) is 1.84. The molecule has 4 rings (SSSR count). The van der Waals surface area contributed by atoms with Crippen molar-refractivity contribution in [2.24, 2.45) is 12.0 Å². The molecule has 1 amide bonds. The molecule has 2 atom stereocenters. The number of carbonyl (C=O) groups excluding carboxylic acids is 1. The van der Waals surface area contributed by atoms with E-state index < -0.39 is 0 Å². The topological polar surface area (TPSA) is 65.8 Å². The highest BCUT2D eigenvalue weighted by atomic mass is 19.1. The first kappa shape index (κ1) is 18.5. The van der Waals surface area contributed by atoms with Crippen LogP contribution in [0.15, 0.2) is 41.7 Å². The van der Waals surface area contributed by atoms with Gasteiger partial charge >= 0.3 is 0 Å². The fourth-order valence-electron chi connectivity index (χ4n) is 3.70. The summed E-state index contributed by atoms with van der Waals surface area (Å²) in [6, 6.07) is 7.07.